The third-order valence-corrected chi connectivity index (χ3v) is 6.74. The van der Waals surface area contributed by atoms with Crippen LogP contribution in [0.15, 0.2) is 18.2 Å². The van der Waals surface area contributed by atoms with Gasteiger partial charge in [0.2, 0.25) is 0 Å². The summed E-state index contributed by atoms with van der Waals surface area (Å²) in [5, 5.41) is 5.06. The largest absolute Gasteiger partial charge is 0.310 e. The fourth-order valence-electron chi connectivity index (χ4n) is 3.89. The fourth-order valence-corrected chi connectivity index (χ4v) is 5.07. The molecule has 4 rings (SSSR count). The predicted molar refractivity (Wildman–Crippen MR) is 98.2 cm³/mol. The molecule has 23 heavy (non-hydrogen) atoms. The molecule has 1 aromatic carbocycles. The maximum absolute atomic E-state index is 4.94. The summed E-state index contributed by atoms with van der Waals surface area (Å²) in [7, 11) is 2.22. The number of rotatable bonds is 2. The highest BCUT2D eigenvalue weighted by Gasteiger charge is 2.23. The maximum Gasteiger partial charge on any atom is 0.0970 e. The molecule has 1 N–H and O–H groups in total. The molecule has 0 amide bonds. The lowest BCUT2D eigenvalue weighted by molar-refractivity contribution is 0.255. The van der Waals surface area contributed by atoms with Gasteiger partial charge in [-0.25, -0.2) is 4.98 Å². The first-order chi connectivity index (χ1) is 11.2. The number of nitrogens with one attached hydrogen (secondary N) is 1. The van der Waals surface area contributed by atoms with Crippen LogP contribution in [0.25, 0.3) is 10.2 Å². The molecule has 3 heterocycles. The van der Waals surface area contributed by atoms with Gasteiger partial charge in [0.25, 0.3) is 0 Å². The van der Waals surface area contributed by atoms with Crippen molar-refractivity contribution in [2.24, 2.45) is 5.92 Å². The van der Waals surface area contributed by atoms with Gasteiger partial charge in [0.15, 0.2) is 0 Å². The van der Waals surface area contributed by atoms with E-state index in [4.69, 9.17) is 4.98 Å². The fraction of sp³-hybridized carbons (Fsp3) is 0.632. The standard InChI is InChI=1S/C19H27N3S/c1-13-3-5-16(20-12-13)15-4-6-17-18(11-15)23-19(21-17)14-7-9-22(2)10-8-14/h4,6,11,13-14,16,20H,3,5,7-10,12H2,1-2H3/t13-,16+/m0/s1. The van der Waals surface area contributed by atoms with Crippen LogP contribution in [0.3, 0.4) is 0 Å². The summed E-state index contributed by atoms with van der Waals surface area (Å²) >= 11 is 1.93. The highest BCUT2D eigenvalue weighted by molar-refractivity contribution is 7.18. The van der Waals surface area contributed by atoms with E-state index in [1.165, 1.54) is 59.6 Å². The van der Waals surface area contributed by atoms with E-state index in [1.807, 2.05) is 11.3 Å². The predicted octanol–water partition coefficient (Wildman–Crippen LogP) is 4.17. The maximum atomic E-state index is 4.94. The molecule has 0 unspecified atom stereocenters. The van der Waals surface area contributed by atoms with E-state index < -0.39 is 0 Å². The molecule has 2 saturated heterocycles. The number of hydrogen-bond acceptors (Lipinski definition) is 4. The summed E-state index contributed by atoms with van der Waals surface area (Å²) in [4.78, 5) is 7.37. The molecule has 2 atom stereocenters. The smallest absolute Gasteiger partial charge is 0.0970 e. The number of thiazole rings is 1. The molecule has 0 bridgehead atoms. The normalized spacial score (nSPS) is 27.6. The van der Waals surface area contributed by atoms with Crippen LogP contribution in [0.4, 0.5) is 0 Å². The highest BCUT2D eigenvalue weighted by Crippen LogP contribution is 2.35. The Balaban J connectivity index is 1.55. The number of nitrogens with zero attached hydrogens (tertiary/aromatic N) is 2. The zero-order chi connectivity index (χ0) is 15.8. The summed E-state index contributed by atoms with van der Waals surface area (Å²) in [6.07, 6.45) is 5.10. The minimum Gasteiger partial charge on any atom is -0.310 e. The zero-order valence-electron chi connectivity index (χ0n) is 14.2. The van der Waals surface area contributed by atoms with Crippen molar-refractivity contribution in [1.82, 2.24) is 15.2 Å². The van der Waals surface area contributed by atoms with Crippen LogP contribution in [-0.2, 0) is 0 Å². The van der Waals surface area contributed by atoms with Crippen molar-refractivity contribution in [3.63, 3.8) is 0 Å². The van der Waals surface area contributed by atoms with Gasteiger partial charge in [-0.15, -0.1) is 11.3 Å². The quantitative estimate of drug-likeness (QED) is 0.896. The van der Waals surface area contributed by atoms with Crippen molar-refractivity contribution < 1.29 is 0 Å². The molecule has 124 valence electrons. The molecular formula is C19H27N3S. The zero-order valence-corrected chi connectivity index (χ0v) is 15.0. The number of likely N-dealkylation sites (tertiary alicyclic amines) is 1. The van der Waals surface area contributed by atoms with Crippen molar-refractivity contribution in [1.29, 1.82) is 0 Å². The summed E-state index contributed by atoms with van der Waals surface area (Å²) in [5.41, 5.74) is 2.64. The van der Waals surface area contributed by atoms with E-state index >= 15 is 0 Å². The number of aromatic nitrogens is 1. The van der Waals surface area contributed by atoms with Crippen molar-refractivity contribution >= 4 is 21.6 Å². The SMILES string of the molecule is C[C@H]1CC[C@H](c2ccc3nc(C4CCN(C)CC4)sc3c2)NC1. The van der Waals surface area contributed by atoms with Crippen LogP contribution in [-0.4, -0.2) is 36.6 Å². The summed E-state index contributed by atoms with van der Waals surface area (Å²) in [6.45, 7) is 5.89. The first-order valence-electron chi connectivity index (χ1n) is 9.01. The Labute approximate surface area is 143 Å². The molecule has 2 fully saturated rings. The molecule has 4 heteroatoms. The Morgan fingerprint density at radius 1 is 1.17 bits per heavy atom. The minimum absolute atomic E-state index is 0.532. The van der Waals surface area contributed by atoms with Crippen molar-refractivity contribution in [2.45, 2.75) is 44.6 Å². The van der Waals surface area contributed by atoms with Gasteiger partial charge in [0, 0.05) is 12.0 Å². The Kier molecular flexibility index (Phi) is 4.39. The molecule has 0 radical (unpaired) electrons. The number of hydrogen-bond donors (Lipinski definition) is 1. The van der Waals surface area contributed by atoms with Gasteiger partial charge < -0.3 is 10.2 Å². The van der Waals surface area contributed by atoms with Crippen LogP contribution in [0.2, 0.25) is 0 Å². The second-order valence-corrected chi connectivity index (χ2v) is 8.56. The van der Waals surface area contributed by atoms with E-state index in [0.717, 1.165) is 12.5 Å². The summed E-state index contributed by atoms with van der Waals surface area (Å²) in [5.74, 6) is 1.48. The lowest BCUT2D eigenvalue weighted by Crippen LogP contribution is -2.31. The summed E-state index contributed by atoms with van der Waals surface area (Å²) in [6, 6.07) is 7.44. The molecule has 2 aromatic rings. The highest BCUT2D eigenvalue weighted by atomic mass is 32.1. The molecular weight excluding hydrogens is 302 g/mol. The first kappa shape index (κ1) is 15.6. The van der Waals surface area contributed by atoms with E-state index in [1.54, 1.807) is 0 Å². The van der Waals surface area contributed by atoms with Crippen molar-refractivity contribution in [3.8, 4) is 0 Å². The average Bonchev–Trinajstić information content (AvgIpc) is 2.99. The van der Waals surface area contributed by atoms with E-state index in [-0.39, 0.29) is 0 Å². The molecule has 0 saturated carbocycles. The molecule has 0 aliphatic carbocycles. The van der Waals surface area contributed by atoms with Crippen LogP contribution >= 0.6 is 11.3 Å². The third-order valence-electron chi connectivity index (χ3n) is 5.56. The molecule has 2 aliphatic rings. The molecule has 3 nitrogen and oxygen atoms in total. The topological polar surface area (TPSA) is 28.2 Å². The van der Waals surface area contributed by atoms with Crippen molar-refractivity contribution in [3.05, 3.63) is 28.8 Å². The lowest BCUT2D eigenvalue weighted by atomic mass is 9.92. The number of fused-ring (bicyclic) bond motifs is 1. The monoisotopic (exact) mass is 329 g/mol. The first-order valence-corrected chi connectivity index (χ1v) is 9.83. The van der Waals surface area contributed by atoms with Gasteiger partial charge in [0.05, 0.1) is 15.2 Å². The van der Waals surface area contributed by atoms with Gasteiger partial charge in [0.1, 0.15) is 0 Å². The van der Waals surface area contributed by atoms with E-state index in [0.29, 0.717) is 12.0 Å². The van der Waals surface area contributed by atoms with Crippen molar-refractivity contribution in [2.75, 3.05) is 26.7 Å². The van der Waals surface area contributed by atoms with Gasteiger partial charge in [-0.3, -0.25) is 0 Å². The second-order valence-electron chi connectivity index (χ2n) is 7.50. The van der Waals surface area contributed by atoms with E-state index in [2.05, 4.69) is 42.4 Å². The molecule has 1 aromatic heterocycles. The summed E-state index contributed by atoms with van der Waals surface area (Å²) < 4.78 is 1.37. The van der Waals surface area contributed by atoms with Gasteiger partial charge in [-0.2, -0.15) is 0 Å². The average molecular weight is 330 g/mol. The van der Waals surface area contributed by atoms with Gasteiger partial charge in [-0.05, 0) is 76.0 Å². The van der Waals surface area contributed by atoms with Crippen LogP contribution < -0.4 is 5.32 Å². The minimum atomic E-state index is 0.532. The molecule has 0 spiro atoms. The van der Waals surface area contributed by atoms with Crippen LogP contribution in [0.5, 0.6) is 0 Å². The number of piperidine rings is 2. The van der Waals surface area contributed by atoms with E-state index in [9.17, 15) is 0 Å². The molecule has 2 aliphatic heterocycles. The Morgan fingerprint density at radius 2 is 2.00 bits per heavy atom. The lowest BCUT2D eigenvalue weighted by Gasteiger charge is -2.28. The second kappa shape index (κ2) is 6.50. The Morgan fingerprint density at radius 3 is 2.74 bits per heavy atom. The van der Waals surface area contributed by atoms with Gasteiger partial charge in [-0.1, -0.05) is 13.0 Å². The third kappa shape index (κ3) is 3.30. The Bertz CT molecular complexity index is 644. The van der Waals surface area contributed by atoms with Crippen LogP contribution in [0, 0.1) is 5.92 Å². The Hall–Kier alpha value is -0.970. The van der Waals surface area contributed by atoms with Crippen LogP contribution in [0.1, 0.15) is 55.1 Å². The van der Waals surface area contributed by atoms with Gasteiger partial charge >= 0.3 is 0 Å². The number of benzene rings is 1.